The largest absolute Gasteiger partial charge is 0.261 e. The number of fused-ring (bicyclic) bond motifs is 3. The molecule has 0 bridgehead atoms. The van der Waals surface area contributed by atoms with Crippen LogP contribution in [0.15, 0.2) is 170 Å². The van der Waals surface area contributed by atoms with Crippen molar-refractivity contribution in [3.05, 3.63) is 237 Å². The Hall–Kier alpha value is -6.38. The maximum atomic E-state index is 4.40. The van der Waals surface area contributed by atoms with Crippen LogP contribution in [-0.4, -0.2) is 9.97 Å². The molecule has 2 heteroatoms. The third kappa shape index (κ3) is 21.6. The molecule has 0 aliphatic rings. The third-order valence-electron chi connectivity index (χ3n) is 16.1. The van der Waals surface area contributed by atoms with Crippen LogP contribution < -0.4 is 0 Å². The van der Waals surface area contributed by atoms with E-state index >= 15 is 0 Å². The first-order valence-electron chi connectivity index (χ1n) is 32.2. The van der Waals surface area contributed by atoms with Crippen molar-refractivity contribution in [2.24, 2.45) is 0 Å². The molecule has 0 unspecified atom stereocenters. The highest BCUT2D eigenvalue weighted by Crippen LogP contribution is 2.32. The summed E-state index contributed by atoms with van der Waals surface area (Å²) in [6.07, 6.45) is 3.97. The summed E-state index contributed by atoms with van der Waals surface area (Å²) in [6.45, 7) is 53.3. The van der Waals surface area contributed by atoms with Crippen LogP contribution in [0.25, 0.3) is 32.3 Å². The molecule has 0 fully saturated rings. The van der Waals surface area contributed by atoms with Crippen LogP contribution in [0.1, 0.15) is 304 Å². The molecule has 9 rings (SSSR count). The average Bonchev–Trinajstić information content (AvgIpc) is 2.75. The standard InChI is InChI=1S/3C16H20.C12H18.2C11H17N/c1-11(2)13-5-7-16-10-14(12(3)4)6-8-15(16)9-13;1-11(2)14-7-5-13-6-8-15(12(3)4)10-16(13)9-14;1-11(2)13-7-5-10-16-14(12(3)4)8-6-9-15(13)16;1-9(2)11-5-7-12(8-6-11)10(3)4;2*1-8(2)10-5-6-11(9(3)4)12-7-10/h3*5-12H,1-4H3;5-10H,1-4H3;2*5-9H,1-4H3. The molecule has 0 radical (unpaired) electrons. The first-order chi connectivity index (χ1) is 39.6. The van der Waals surface area contributed by atoms with Gasteiger partial charge in [-0.15, -0.1) is 0 Å². The summed E-state index contributed by atoms with van der Waals surface area (Å²) in [7, 11) is 0. The van der Waals surface area contributed by atoms with Crippen LogP contribution in [-0.2, 0) is 0 Å². The zero-order valence-electron chi connectivity index (χ0n) is 57.0. The van der Waals surface area contributed by atoms with E-state index in [0.29, 0.717) is 71.0 Å². The van der Waals surface area contributed by atoms with Crippen LogP contribution in [0, 0.1) is 0 Å². The van der Waals surface area contributed by atoms with Crippen LogP contribution >= 0.6 is 0 Å². The lowest BCUT2D eigenvalue weighted by Crippen LogP contribution is -1.94. The van der Waals surface area contributed by atoms with Gasteiger partial charge in [-0.2, -0.15) is 0 Å². The molecule has 0 aliphatic heterocycles. The van der Waals surface area contributed by atoms with Gasteiger partial charge in [0.2, 0.25) is 0 Å². The van der Waals surface area contributed by atoms with Crippen molar-refractivity contribution in [1.29, 1.82) is 0 Å². The van der Waals surface area contributed by atoms with Crippen molar-refractivity contribution < 1.29 is 0 Å². The predicted octanol–water partition coefficient (Wildman–Crippen LogP) is 25.9. The molecule has 9 aromatic rings. The lowest BCUT2D eigenvalue weighted by atomic mass is 9.90. The highest BCUT2D eigenvalue weighted by molar-refractivity contribution is 5.89. The van der Waals surface area contributed by atoms with Gasteiger partial charge in [-0.25, -0.2) is 0 Å². The lowest BCUT2D eigenvalue weighted by molar-refractivity contribution is 0.802. The molecular formula is C82H112N2. The minimum absolute atomic E-state index is 0.534. The lowest BCUT2D eigenvalue weighted by Gasteiger charge is -2.14. The monoisotopic (exact) mass is 1120 g/mol. The molecule has 2 nitrogen and oxygen atoms in total. The molecule has 0 spiro atoms. The Kier molecular flexibility index (Phi) is 28.3. The predicted molar refractivity (Wildman–Crippen MR) is 376 cm³/mol. The number of hydrogen-bond donors (Lipinski definition) is 0. The van der Waals surface area contributed by atoms with Crippen molar-refractivity contribution in [3.63, 3.8) is 0 Å². The minimum Gasteiger partial charge on any atom is -0.261 e. The fourth-order valence-electron chi connectivity index (χ4n) is 9.83. The Morgan fingerprint density at radius 3 is 0.690 bits per heavy atom. The van der Waals surface area contributed by atoms with E-state index in [0.717, 1.165) is 0 Å². The van der Waals surface area contributed by atoms with Crippen LogP contribution in [0.3, 0.4) is 0 Å². The summed E-state index contributed by atoms with van der Waals surface area (Å²) in [5, 5.41) is 8.27. The van der Waals surface area contributed by atoms with Gasteiger partial charge in [-0.1, -0.05) is 312 Å². The molecule has 0 saturated carbocycles. The first kappa shape index (κ1) is 70.1. The number of pyridine rings is 2. The quantitative estimate of drug-likeness (QED) is 0.122. The Morgan fingerprint density at radius 1 is 0.202 bits per heavy atom. The summed E-state index contributed by atoms with van der Waals surface area (Å²) in [5.41, 5.74) is 16.5. The maximum absolute atomic E-state index is 4.40. The Morgan fingerprint density at radius 2 is 0.452 bits per heavy atom. The van der Waals surface area contributed by atoms with Crippen molar-refractivity contribution in [1.82, 2.24) is 9.97 Å². The number of nitrogens with zero attached hydrogens (tertiary/aromatic N) is 2. The van der Waals surface area contributed by atoms with E-state index in [2.05, 4.69) is 334 Å². The normalized spacial score (nSPS) is 11.4. The van der Waals surface area contributed by atoms with Crippen molar-refractivity contribution >= 4 is 32.3 Å². The van der Waals surface area contributed by atoms with Gasteiger partial charge < -0.3 is 0 Å². The molecule has 84 heavy (non-hydrogen) atoms. The van der Waals surface area contributed by atoms with Gasteiger partial charge in [0.15, 0.2) is 0 Å². The van der Waals surface area contributed by atoms with Gasteiger partial charge in [-0.3, -0.25) is 9.97 Å². The molecule has 2 heterocycles. The van der Waals surface area contributed by atoms with Gasteiger partial charge >= 0.3 is 0 Å². The molecule has 0 atom stereocenters. The molecule has 0 saturated heterocycles. The van der Waals surface area contributed by atoms with E-state index in [1.807, 2.05) is 12.4 Å². The second kappa shape index (κ2) is 33.9. The topological polar surface area (TPSA) is 25.8 Å². The summed E-state index contributed by atoms with van der Waals surface area (Å²) in [6, 6.07) is 58.1. The van der Waals surface area contributed by atoms with Gasteiger partial charge in [0.05, 0.1) is 0 Å². The smallest absolute Gasteiger partial charge is 0.0429 e. The Bertz CT molecular complexity index is 2970. The zero-order chi connectivity index (χ0) is 62.5. The van der Waals surface area contributed by atoms with Crippen molar-refractivity contribution in [3.8, 4) is 0 Å². The number of rotatable bonds is 12. The van der Waals surface area contributed by atoms with E-state index in [-0.39, 0.29) is 0 Å². The van der Waals surface area contributed by atoms with Gasteiger partial charge in [0, 0.05) is 23.8 Å². The zero-order valence-corrected chi connectivity index (χ0v) is 57.0. The molecule has 2 aromatic heterocycles. The van der Waals surface area contributed by atoms with Gasteiger partial charge in [-0.05, 0) is 171 Å². The second-order valence-corrected chi connectivity index (χ2v) is 27.1. The minimum atomic E-state index is 0.534. The van der Waals surface area contributed by atoms with E-state index in [1.54, 1.807) is 0 Å². The van der Waals surface area contributed by atoms with Crippen molar-refractivity contribution in [2.45, 2.75) is 237 Å². The number of benzene rings is 7. The second-order valence-electron chi connectivity index (χ2n) is 27.1. The fraction of sp³-hybridized carbons (Fsp3) is 0.439. The average molecular weight is 1130 g/mol. The molecule has 7 aromatic carbocycles. The number of hydrogen-bond acceptors (Lipinski definition) is 2. The first-order valence-corrected chi connectivity index (χ1v) is 32.2. The van der Waals surface area contributed by atoms with Gasteiger partial charge in [0.1, 0.15) is 0 Å². The number of aromatic nitrogens is 2. The maximum Gasteiger partial charge on any atom is 0.0429 e. The fourth-order valence-corrected chi connectivity index (χ4v) is 9.83. The summed E-state index contributed by atoms with van der Waals surface area (Å²) in [5.74, 6) is 7.12. The van der Waals surface area contributed by atoms with E-state index in [4.69, 9.17) is 0 Å². The molecule has 0 amide bonds. The molecule has 450 valence electrons. The Balaban J connectivity index is 0.000000217. The van der Waals surface area contributed by atoms with Crippen LogP contribution in [0.2, 0.25) is 0 Å². The van der Waals surface area contributed by atoms with Crippen LogP contribution in [0.4, 0.5) is 0 Å². The summed E-state index contributed by atoms with van der Waals surface area (Å²) >= 11 is 0. The van der Waals surface area contributed by atoms with Crippen molar-refractivity contribution in [2.75, 3.05) is 0 Å². The van der Waals surface area contributed by atoms with Crippen LogP contribution in [0.5, 0.6) is 0 Å². The molecule has 0 aliphatic carbocycles. The highest BCUT2D eigenvalue weighted by atomic mass is 14.7. The molecule has 0 N–H and O–H groups in total. The third-order valence-corrected chi connectivity index (χ3v) is 16.1. The van der Waals surface area contributed by atoms with Gasteiger partial charge in [0.25, 0.3) is 0 Å². The SMILES string of the molecule is CC(C)c1ccc(C(C)C)cc1.CC(C)c1ccc(C(C)C)nc1.CC(C)c1ccc(C(C)C)nc1.CC(C)c1ccc2cc(C(C)C)ccc2c1.CC(C)c1ccc2ccc(C(C)C)cc2c1.CC(C)c1cccc2c(C(C)C)cccc12. The summed E-state index contributed by atoms with van der Waals surface area (Å²) in [4.78, 5) is 8.80. The van der Waals surface area contributed by atoms with E-state index in [1.165, 1.54) is 99.3 Å². The molecular weight excluding hydrogens is 1010 g/mol. The van der Waals surface area contributed by atoms with E-state index < -0.39 is 0 Å². The summed E-state index contributed by atoms with van der Waals surface area (Å²) < 4.78 is 0. The Labute approximate surface area is 513 Å². The van der Waals surface area contributed by atoms with E-state index in [9.17, 15) is 0 Å². The highest BCUT2D eigenvalue weighted by Gasteiger charge is 2.11.